The molecule has 0 heterocycles. The van der Waals surface area contributed by atoms with Crippen molar-refractivity contribution in [2.75, 3.05) is 12.4 Å². The summed E-state index contributed by atoms with van der Waals surface area (Å²) in [6, 6.07) is 16.0. The van der Waals surface area contributed by atoms with Gasteiger partial charge in [-0.2, -0.15) is 0 Å². The third-order valence-electron chi connectivity index (χ3n) is 3.97. The van der Waals surface area contributed by atoms with Crippen molar-refractivity contribution in [3.05, 3.63) is 59.7 Å². The van der Waals surface area contributed by atoms with Gasteiger partial charge >= 0.3 is 0 Å². The van der Waals surface area contributed by atoms with Crippen LogP contribution >= 0.6 is 0 Å². The van der Waals surface area contributed by atoms with Gasteiger partial charge < -0.3 is 10.1 Å². The average Bonchev–Trinajstić information content (AvgIpc) is 3.29. The second kappa shape index (κ2) is 5.60. The average molecular weight is 281 g/mol. The summed E-state index contributed by atoms with van der Waals surface area (Å²) in [7, 11) is 1.62. The predicted molar refractivity (Wildman–Crippen MR) is 83.7 cm³/mol. The maximum absolute atomic E-state index is 12.4. The van der Waals surface area contributed by atoms with Crippen LogP contribution in [0.5, 0.6) is 5.75 Å². The number of methoxy groups -OCH3 is 1. The monoisotopic (exact) mass is 281 g/mol. The Hall–Kier alpha value is -2.29. The first-order valence-electron chi connectivity index (χ1n) is 7.19. The molecule has 0 saturated heterocycles. The Kier molecular flexibility index (Phi) is 3.65. The van der Waals surface area contributed by atoms with E-state index in [9.17, 15) is 4.79 Å². The maximum atomic E-state index is 12.4. The van der Waals surface area contributed by atoms with Crippen molar-refractivity contribution in [3.8, 4) is 5.75 Å². The molecule has 0 aromatic heterocycles. The van der Waals surface area contributed by atoms with Gasteiger partial charge in [0.1, 0.15) is 5.75 Å². The normalized spacial score (nSPS) is 19.9. The van der Waals surface area contributed by atoms with E-state index < -0.39 is 0 Å². The van der Waals surface area contributed by atoms with Crippen LogP contribution in [0, 0.1) is 12.8 Å². The molecule has 0 unspecified atom stereocenters. The van der Waals surface area contributed by atoms with Gasteiger partial charge in [-0.1, -0.05) is 36.4 Å². The molecule has 1 fully saturated rings. The molecule has 1 amide bonds. The standard InChI is InChI=1S/C18H19NO2/c1-12-8-9-17(21-2)16(10-12)19-18(20)15-11-14(15)13-6-4-3-5-7-13/h3-10,14-15H,11H2,1-2H3,(H,19,20)/t14-,15+/m1/s1. The molecule has 1 saturated carbocycles. The Bertz CT molecular complexity index is 652. The van der Waals surface area contributed by atoms with Crippen molar-refractivity contribution in [2.24, 2.45) is 5.92 Å². The van der Waals surface area contributed by atoms with Crippen molar-refractivity contribution in [2.45, 2.75) is 19.3 Å². The van der Waals surface area contributed by atoms with Crippen LogP contribution in [0.1, 0.15) is 23.5 Å². The molecule has 3 nitrogen and oxygen atoms in total. The first-order chi connectivity index (χ1) is 10.2. The van der Waals surface area contributed by atoms with Crippen LogP contribution in [0.15, 0.2) is 48.5 Å². The highest BCUT2D eigenvalue weighted by Gasteiger charge is 2.43. The lowest BCUT2D eigenvalue weighted by molar-refractivity contribution is -0.117. The fourth-order valence-corrected chi connectivity index (χ4v) is 2.70. The minimum atomic E-state index is 0.0672. The second-order valence-electron chi connectivity index (χ2n) is 5.55. The number of ether oxygens (including phenoxy) is 1. The largest absolute Gasteiger partial charge is 0.495 e. The molecule has 0 aliphatic heterocycles. The van der Waals surface area contributed by atoms with Crippen LogP contribution < -0.4 is 10.1 Å². The van der Waals surface area contributed by atoms with Gasteiger partial charge in [-0.05, 0) is 42.5 Å². The molecule has 1 aliphatic carbocycles. The molecular weight excluding hydrogens is 262 g/mol. The molecule has 1 N–H and O–H groups in total. The zero-order valence-corrected chi connectivity index (χ0v) is 12.3. The van der Waals surface area contributed by atoms with Crippen LogP contribution in [0.3, 0.4) is 0 Å². The van der Waals surface area contributed by atoms with Crippen molar-refractivity contribution >= 4 is 11.6 Å². The molecule has 108 valence electrons. The van der Waals surface area contributed by atoms with E-state index in [1.165, 1.54) is 5.56 Å². The van der Waals surface area contributed by atoms with Gasteiger partial charge in [0.15, 0.2) is 0 Å². The molecule has 0 bridgehead atoms. The summed E-state index contributed by atoms with van der Waals surface area (Å²) in [6.07, 6.45) is 0.921. The van der Waals surface area contributed by atoms with E-state index in [0.29, 0.717) is 11.7 Å². The molecule has 0 spiro atoms. The van der Waals surface area contributed by atoms with E-state index in [-0.39, 0.29) is 11.8 Å². The first-order valence-corrected chi connectivity index (χ1v) is 7.19. The first kappa shape index (κ1) is 13.7. The van der Waals surface area contributed by atoms with Crippen LogP contribution in [0.2, 0.25) is 0 Å². The number of amides is 1. The van der Waals surface area contributed by atoms with Gasteiger partial charge in [0.2, 0.25) is 5.91 Å². The summed E-state index contributed by atoms with van der Waals surface area (Å²) in [6.45, 7) is 2.00. The number of benzene rings is 2. The lowest BCUT2D eigenvalue weighted by Crippen LogP contribution is -2.15. The van der Waals surface area contributed by atoms with Crippen molar-refractivity contribution in [3.63, 3.8) is 0 Å². The Labute approximate surface area is 124 Å². The van der Waals surface area contributed by atoms with Gasteiger partial charge in [0.05, 0.1) is 12.8 Å². The zero-order chi connectivity index (χ0) is 14.8. The number of rotatable bonds is 4. The molecule has 2 aromatic carbocycles. The van der Waals surface area contributed by atoms with Crippen LogP contribution in [0.4, 0.5) is 5.69 Å². The fraction of sp³-hybridized carbons (Fsp3) is 0.278. The van der Waals surface area contributed by atoms with E-state index in [4.69, 9.17) is 4.74 Å². The minimum absolute atomic E-state index is 0.0672. The number of hydrogen-bond acceptors (Lipinski definition) is 2. The molecule has 1 aliphatic rings. The number of carbonyl (C=O) groups is 1. The zero-order valence-electron chi connectivity index (χ0n) is 12.3. The van der Waals surface area contributed by atoms with Gasteiger partial charge in [-0.15, -0.1) is 0 Å². The number of carbonyl (C=O) groups excluding carboxylic acids is 1. The molecule has 3 rings (SSSR count). The summed E-state index contributed by atoms with van der Waals surface area (Å²) in [4.78, 5) is 12.4. The van der Waals surface area contributed by atoms with Crippen LogP contribution in [0.25, 0.3) is 0 Å². The molecular formula is C18H19NO2. The quantitative estimate of drug-likeness (QED) is 0.927. The van der Waals surface area contributed by atoms with Crippen molar-refractivity contribution < 1.29 is 9.53 Å². The lowest BCUT2D eigenvalue weighted by atomic mass is 10.1. The summed E-state index contributed by atoms with van der Waals surface area (Å²) in [5.74, 6) is 1.19. The molecule has 0 radical (unpaired) electrons. The predicted octanol–water partition coefficient (Wildman–Crippen LogP) is 3.75. The molecule has 2 atom stereocenters. The molecule has 21 heavy (non-hydrogen) atoms. The topological polar surface area (TPSA) is 38.3 Å². The lowest BCUT2D eigenvalue weighted by Gasteiger charge is -2.11. The van der Waals surface area contributed by atoms with Crippen LogP contribution in [-0.2, 0) is 4.79 Å². The van der Waals surface area contributed by atoms with E-state index in [0.717, 1.165) is 17.7 Å². The minimum Gasteiger partial charge on any atom is -0.495 e. The van der Waals surface area contributed by atoms with E-state index in [1.807, 2.05) is 43.3 Å². The third kappa shape index (κ3) is 2.92. The fourth-order valence-electron chi connectivity index (χ4n) is 2.70. The highest BCUT2D eigenvalue weighted by atomic mass is 16.5. The SMILES string of the molecule is COc1ccc(C)cc1NC(=O)[C@H]1C[C@@H]1c1ccccc1. The van der Waals surface area contributed by atoms with E-state index in [2.05, 4.69) is 17.4 Å². The smallest absolute Gasteiger partial charge is 0.228 e. The molecule has 2 aromatic rings. The van der Waals surface area contributed by atoms with E-state index in [1.54, 1.807) is 7.11 Å². The number of anilines is 1. The van der Waals surface area contributed by atoms with Gasteiger partial charge in [0.25, 0.3) is 0 Å². The van der Waals surface area contributed by atoms with Crippen LogP contribution in [-0.4, -0.2) is 13.0 Å². The Morgan fingerprint density at radius 3 is 2.67 bits per heavy atom. The Morgan fingerprint density at radius 1 is 1.19 bits per heavy atom. The van der Waals surface area contributed by atoms with Gasteiger partial charge in [-0.3, -0.25) is 4.79 Å². The van der Waals surface area contributed by atoms with Crippen molar-refractivity contribution in [1.29, 1.82) is 0 Å². The van der Waals surface area contributed by atoms with Crippen molar-refractivity contribution in [1.82, 2.24) is 0 Å². The second-order valence-corrected chi connectivity index (χ2v) is 5.55. The Morgan fingerprint density at radius 2 is 1.95 bits per heavy atom. The summed E-state index contributed by atoms with van der Waals surface area (Å²) < 4.78 is 5.30. The summed E-state index contributed by atoms with van der Waals surface area (Å²) in [5, 5.41) is 3.00. The number of hydrogen-bond donors (Lipinski definition) is 1. The number of nitrogens with one attached hydrogen (secondary N) is 1. The number of aryl methyl sites for hydroxylation is 1. The maximum Gasteiger partial charge on any atom is 0.228 e. The van der Waals surface area contributed by atoms with Gasteiger partial charge in [-0.25, -0.2) is 0 Å². The third-order valence-corrected chi connectivity index (χ3v) is 3.97. The summed E-state index contributed by atoms with van der Waals surface area (Å²) in [5.41, 5.74) is 3.09. The van der Waals surface area contributed by atoms with E-state index >= 15 is 0 Å². The van der Waals surface area contributed by atoms with Gasteiger partial charge in [0, 0.05) is 5.92 Å². The summed E-state index contributed by atoms with van der Waals surface area (Å²) >= 11 is 0. The highest BCUT2D eigenvalue weighted by molar-refractivity contribution is 5.96. The highest BCUT2D eigenvalue weighted by Crippen LogP contribution is 2.48. The Balaban J connectivity index is 1.70. The molecule has 3 heteroatoms.